The molecule has 0 spiro atoms. The van der Waals surface area contributed by atoms with Crippen LogP contribution in [0.25, 0.3) is 0 Å². The third kappa shape index (κ3) is 2.37. The van der Waals surface area contributed by atoms with Crippen LogP contribution in [0.2, 0.25) is 0 Å². The maximum atomic E-state index is 12.8. The lowest BCUT2D eigenvalue weighted by Crippen LogP contribution is -2.74. The molecule has 22 heavy (non-hydrogen) atoms. The van der Waals surface area contributed by atoms with E-state index in [0.717, 1.165) is 0 Å². The molecule has 0 heterocycles. The van der Waals surface area contributed by atoms with E-state index in [2.05, 4.69) is 0 Å². The van der Waals surface area contributed by atoms with Crippen LogP contribution in [0.15, 0.2) is 0 Å². The van der Waals surface area contributed by atoms with Crippen molar-refractivity contribution in [2.24, 2.45) is 0 Å². The minimum Gasteiger partial charge on any atom is -0.254 e. The highest BCUT2D eigenvalue weighted by molar-refractivity contribution is 5.78. The Morgan fingerprint density at radius 2 is 0.818 bits per heavy atom. The van der Waals surface area contributed by atoms with Gasteiger partial charge in [0.25, 0.3) is 0 Å². The SMILES string of the molecule is O=C(F)C(F)(F)C(F)(F)C(F)(F)C(F)(C(F)(F)F)C(F)(F)F. The van der Waals surface area contributed by atoms with Gasteiger partial charge in [-0.05, 0) is 0 Å². The summed E-state index contributed by atoms with van der Waals surface area (Å²) in [5.74, 6) is -23.6. The van der Waals surface area contributed by atoms with Gasteiger partial charge in [0.05, 0.1) is 0 Å². The van der Waals surface area contributed by atoms with E-state index in [0.29, 0.717) is 0 Å². The first-order valence-electron chi connectivity index (χ1n) is 4.35. The summed E-state index contributed by atoms with van der Waals surface area (Å²) in [4.78, 5) is 9.47. The minimum atomic E-state index is -8.28. The van der Waals surface area contributed by atoms with E-state index < -0.39 is 41.8 Å². The van der Waals surface area contributed by atoms with Crippen molar-refractivity contribution in [3.63, 3.8) is 0 Å². The molecule has 0 unspecified atom stereocenters. The standard InChI is InChI=1S/C7F14O/c8-1(22)2(9,10)4(12,13)5(14,15)3(11,6(16,17)18)7(19,20)21. The maximum absolute atomic E-state index is 12.8. The molecule has 0 saturated heterocycles. The maximum Gasteiger partial charge on any atom is 0.438 e. The molecule has 0 atom stereocenters. The van der Waals surface area contributed by atoms with Gasteiger partial charge >= 0.3 is 41.8 Å². The molecule has 0 aliphatic rings. The van der Waals surface area contributed by atoms with Gasteiger partial charge in [0.1, 0.15) is 0 Å². The zero-order valence-corrected chi connectivity index (χ0v) is 9.20. The van der Waals surface area contributed by atoms with Crippen molar-refractivity contribution in [2.45, 2.75) is 35.8 Å². The summed E-state index contributed by atoms with van der Waals surface area (Å²) in [6, 6.07) is -4.69. The topological polar surface area (TPSA) is 17.1 Å². The molecule has 0 amide bonds. The second kappa shape index (κ2) is 4.84. The van der Waals surface area contributed by atoms with Crippen LogP contribution in [0, 0.1) is 0 Å². The highest BCUT2D eigenvalue weighted by atomic mass is 19.4. The van der Waals surface area contributed by atoms with Gasteiger partial charge in [-0.15, -0.1) is 0 Å². The number of hydrogen-bond donors (Lipinski definition) is 0. The van der Waals surface area contributed by atoms with Gasteiger partial charge in [-0.1, -0.05) is 0 Å². The van der Waals surface area contributed by atoms with Crippen molar-refractivity contribution < 1.29 is 66.3 Å². The van der Waals surface area contributed by atoms with Crippen molar-refractivity contribution in [2.75, 3.05) is 0 Å². The molecule has 0 aromatic rings. The van der Waals surface area contributed by atoms with E-state index in [1.165, 1.54) is 0 Å². The Hall–Kier alpha value is -1.31. The summed E-state index contributed by atoms with van der Waals surface area (Å²) in [6.45, 7) is 0. The molecule has 0 fully saturated rings. The fourth-order valence-electron chi connectivity index (χ4n) is 1.05. The molecule has 132 valence electrons. The summed E-state index contributed by atoms with van der Waals surface area (Å²) in [7, 11) is 0. The summed E-state index contributed by atoms with van der Waals surface area (Å²) in [5, 5.41) is 0. The van der Waals surface area contributed by atoms with Gasteiger partial charge < -0.3 is 0 Å². The van der Waals surface area contributed by atoms with E-state index in [1.54, 1.807) is 0 Å². The molecule has 0 bridgehead atoms. The van der Waals surface area contributed by atoms with Crippen molar-refractivity contribution in [1.82, 2.24) is 0 Å². The molecular weight excluding hydrogens is 366 g/mol. The van der Waals surface area contributed by atoms with Crippen LogP contribution in [0.1, 0.15) is 0 Å². The third-order valence-electron chi connectivity index (χ3n) is 2.25. The van der Waals surface area contributed by atoms with Gasteiger partial charge in [-0.25, -0.2) is 4.39 Å². The van der Waals surface area contributed by atoms with Crippen LogP contribution in [0.3, 0.4) is 0 Å². The Balaban J connectivity index is 6.58. The molecule has 1 nitrogen and oxygen atoms in total. The molecule has 0 radical (unpaired) electrons. The zero-order valence-electron chi connectivity index (χ0n) is 9.20. The molecule has 0 aromatic heterocycles. The molecular formula is C7F14O. The third-order valence-corrected chi connectivity index (χ3v) is 2.25. The largest absolute Gasteiger partial charge is 0.438 e. The van der Waals surface area contributed by atoms with Crippen molar-refractivity contribution in [1.29, 1.82) is 0 Å². The molecule has 15 heteroatoms. The summed E-state index contributed by atoms with van der Waals surface area (Å²) in [6.07, 6.45) is -15.7. The van der Waals surface area contributed by atoms with Gasteiger partial charge in [0.15, 0.2) is 0 Å². The number of hydrogen-bond acceptors (Lipinski definition) is 1. The highest BCUT2D eigenvalue weighted by Gasteiger charge is 2.94. The zero-order chi connectivity index (χ0) is 18.6. The van der Waals surface area contributed by atoms with Gasteiger partial charge in [0.2, 0.25) is 0 Å². The first-order chi connectivity index (χ1) is 9.19. The quantitative estimate of drug-likeness (QED) is 0.538. The van der Waals surface area contributed by atoms with E-state index in [4.69, 9.17) is 0 Å². The lowest BCUT2D eigenvalue weighted by atomic mass is 9.88. The lowest BCUT2D eigenvalue weighted by molar-refractivity contribution is -0.441. The lowest BCUT2D eigenvalue weighted by Gasteiger charge is -2.40. The minimum absolute atomic E-state index is 4.69. The van der Waals surface area contributed by atoms with Gasteiger partial charge in [0, 0.05) is 0 Å². The fraction of sp³-hybridized carbons (Fsp3) is 0.857. The monoisotopic (exact) mass is 366 g/mol. The first kappa shape index (κ1) is 20.7. The molecule has 0 aliphatic carbocycles. The fourth-order valence-corrected chi connectivity index (χ4v) is 1.05. The summed E-state index contributed by atoms with van der Waals surface area (Å²) >= 11 is 0. The van der Waals surface area contributed by atoms with Crippen LogP contribution in [-0.2, 0) is 4.79 Å². The Labute approximate surface area is 109 Å². The molecule has 0 saturated carbocycles. The Morgan fingerprint density at radius 1 is 0.545 bits per heavy atom. The predicted octanol–water partition coefficient (Wildman–Crippen LogP) is 4.22. The molecule has 0 N–H and O–H groups in total. The number of carbonyl (C=O) groups excluding carboxylic acids is 1. The van der Waals surface area contributed by atoms with Crippen molar-refractivity contribution in [3.8, 4) is 0 Å². The van der Waals surface area contributed by atoms with Crippen molar-refractivity contribution in [3.05, 3.63) is 0 Å². The van der Waals surface area contributed by atoms with E-state index >= 15 is 0 Å². The number of carbonyl (C=O) groups is 1. The normalized spacial score (nSPS) is 15.9. The van der Waals surface area contributed by atoms with E-state index in [1.807, 2.05) is 0 Å². The highest BCUT2D eigenvalue weighted by Crippen LogP contribution is 2.61. The average Bonchev–Trinajstić information content (AvgIpc) is 2.23. The Morgan fingerprint density at radius 3 is 1.00 bits per heavy atom. The number of alkyl halides is 13. The van der Waals surface area contributed by atoms with Crippen LogP contribution in [0.4, 0.5) is 61.5 Å². The average molecular weight is 366 g/mol. The Kier molecular flexibility index (Phi) is 4.55. The van der Waals surface area contributed by atoms with Gasteiger partial charge in [-0.3, -0.25) is 4.79 Å². The number of rotatable bonds is 4. The van der Waals surface area contributed by atoms with E-state index in [9.17, 15) is 66.3 Å². The van der Waals surface area contributed by atoms with Crippen LogP contribution < -0.4 is 0 Å². The smallest absolute Gasteiger partial charge is 0.254 e. The van der Waals surface area contributed by atoms with Gasteiger partial charge in [-0.2, -0.15) is 57.1 Å². The second-order valence-electron chi connectivity index (χ2n) is 3.65. The molecule has 0 aromatic carbocycles. The number of halogens is 14. The van der Waals surface area contributed by atoms with Crippen LogP contribution >= 0.6 is 0 Å². The predicted molar refractivity (Wildman–Crippen MR) is 36.9 cm³/mol. The van der Waals surface area contributed by atoms with Crippen LogP contribution in [0.5, 0.6) is 0 Å². The van der Waals surface area contributed by atoms with Crippen molar-refractivity contribution >= 4 is 6.04 Å². The molecule has 0 aliphatic heterocycles. The Bertz CT molecular complexity index is 427. The van der Waals surface area contributed by atoms with E-state index in [-0.39, 0.29) is 0 Å². The van der Waals surface area contributed by atoms with Crippen LogP contribution in [-0.4, -0.2) is 41.8 Å². The molecule has 0 rings (SSSR count). The summed E-state index contributed by atoms with van der Waals surface area (Å²) in [5.41, 5.74) is -8.19. The second-order valence-corrected chi connectivity index (χ2v) is 3.65. The first-order valence-corrected chi connectivity index (χ1v) is 4.35. The summed E-state index contributed by atoms with van der Waals surface area (Å²) < 4.78 is 171.